The molecule has 0 fully saturated rings. The molecule has 0 spiro atoms. The van der Waals surface area contributed by atoms with Gasteiger partial charge in [-0.2, -0.15) is 0 Å². The lowest BCUT2D eigenvalue weighted by Gasteiger charge is -2.25. The molecule has 0 saturated carbocycles. The van der Waals surface area contributed by atoms with E-state index in [2.05, 4.69) is 0 Å². The number of esters is 1. The van der Waals surface area contributed by atoms with E-state index in [4.69, 9.17) is 4.74 Å². The third-order valence-corrected chi connectivity index (χ3v) is 2.18. The molecule has 1 atom stereocenters. The number of carbonyl (C=O) groups is 1. The molecular weight excluding hydrogens is 210 g/mol. The summed E-state index contributed by atoms with van der Waals surface area (Å²) < 4.78 is 5.05. The lowest BCUT2D eigenvalue weighted by Crippen LogP contribution is -2.35. The van der Waals surface area contributed by atoms with Gasteiger partial charge in [0.1, 0.15) is 0 Å². The second-order valence-corrected chi connectivity index (χ2v) is 3.68. The van der Waals surface area contributed by atoms with Crippen LogP contribution in [0.3, 0.4) is 0 Å². The van der Waals surface area contributed by atoms with Crippen molar-refractivity contribution in [1.82, 2.24) is 0 Å². The van der Waals surface area contributed by atoms with Crippen LogP contribution in [0.1, 0.15) is 19.4 Å². The molecule has 0 bridgehead atoms. The van der Waals surface area contributed by atoms with Crippen molar-refractivity contribution in [2.75, 3.05) is 6.54 Å². The van der Waals surface area contributed by atoms with Crippen LogP contribution in [0.25, 0.3) is 0 Å². The first-order valence-corrected chi connectivity index (χ1v) is 4.81. The van der Waals surface area contributed by atoms with Crippen molar-refractivity contribution >= 4 is 5.97 Å². The van der Waals surface area contributed by atoms with Crippen molar-refractivity contribution in [2.45, 2.75) is 19.4 Å². The summed E-state index contributed by atoms with van der Waals surface area (Å²) in [5, 5.41) is 10.6. The Morgan fingerprint density at radius 1 is 1.44 bits per heavy atom. The van der Waals surface area contributed by atoms with Crippen molar-refractivity contribution in [3.8, 4) is 0 Å². The van der Waals surface area contributed by atoms with Crippen LogP contribution in [0.15, 0.2) is 30.3 Å². The summed E-state index contributed by atoms with van der Waals surface area (Å²) in [7, 11) is 0. The van der Waals surface area contributed by atoms with Crippen LogP contribution in [-0.4, -0.2) is 17.4 Å². The maximum Gasteiger partial charge on any atom is 0.303 e. The molecule has 0 aliphatic carbocycles. The maximum absolute atomic E-state index is 11.0. The molecular formula is C11H13NO4. The third kappa shape index (κ3) is 3.05. The summed E-state index contributed by atoms with van der Waals surface area (Å²) >= 11 is 0. The molecule has 86 valence electrons. The van der Waals surface area contributed by atoms with E-state index in [0.717, 1.165) is 0 Å². The Kier molecular flexibility index (Phi) is 3.60. The number of hydrogen-bond donors (Lipinski definition) is 0. The van der Waals surface area contributed by atoms with Crippen LogP contribution >= 0.6 is 0 Å². The Balaban J connectivity index is 3.04. The van der Waals surface area contributed by atoms with Gasteiger partial charge in [-0.25, -0.2) is 0 Å². The number of benzene rings is 1. The molecule has 5 heteroatoms. The molecule has 0 aliphatic rings. The first kappa shape index (κ1) is 12.2. The monoisotopic (exact) mass is 223 g/mol. The van der Waals surface area contributed by atoms with Gasteiger partial charge in [0.15, 0.2) is 5.60 Å². The van der Waals surface area contributed by atoms with Crippen molar-refractivity contribution in [3.63, 3.8) is 0 Å². The number of rotatable bonds is 4. The van der Waals surface area contributed by atoms with Crippen LogP contribution in [-0.2, 0) is 15.1 Å². The Morgan fingerprint density at radius 3 is 2.44 bits per heavy atom. The average molecular weight is 223 g/mol. The maximum atomic E-state index is 11.0. The second kappa shape index (κ2) is 4.74. The van der Waals surface area contributed by atoms with Crippen LogP contribution in [0.2, 0.25) is 0 Å². The zero-order chi connectivity index (χ0) is 12.2. The standard InChI is InChI=1S/C11H13NO4/c1-9(13)16-11(2,8-12(14)15)10-6-4-3-5-7-10/h3-7H,8H2,1-2H3. The Bertz CT molecular complexity index is 372. The van der Waals surface area contributed by atoms with E-state index in [-0.39, 0.29) is 0 Å². The molecule has 16 heavy (non-hydrogen) atoms. The van der Waals surface area contributed by atoms with Gasteiger partial charge in [0.2, 0.25) is 6.54 Å². The van der Waals surface area contributed by atoms with Gasteiger partial charge < -0.3 is 4.74 Å². The summed E-state index contributed by atoms with van der Waals surface area (Å²) in [6.07, 6.45) is 0. The molecule has 1 rings (SSSR count). The molecule has 5 nitrogen and oxygen atoms in total. The zero-order valence-corrected chi connectivity index (χ0v) is 9.17. The van der Waals surface area contributed by atoms with Gasteiger partial charge in [-0.05, 0) is 6.92 Å². The lowest BCUT2D eigenvalue weighted by atomic mass is 9.96. The molecule has 0 radical (unpaired) electrons. The van der Waals surface area contributed by atoms with Gasteiger partial charge in [0, 0.05) is 17.4 Å². The number of ether oxygens (including phenoxy) is 1. The highest BCUT2D eigenvalue weighted by Crippen LogP contribution is 2.25. The van der Waals surface area contributed by atoms with Gasteiger partial charge in [-0.15, -0.1) is 0 Å². The highest BCUT2D eigenvalue weighted by molar-refractivity contribution is 5.66. The van der Waals surface area contributed by atoms with E-state index >= 15 is 0 Å². The second-order valence-electron chi connectivity index (χ2n) is 3.68. The van der Waals surface area contributed by atoms with Crippen molar-refractivity contribution in [2.24, 2.45) is 0 Å². The van der Waals surface area contributed by atoms with Gasteiger partial charge in [0.05, 0.1) is 0 Å². The summed E-state index contributed by atoms with van der Waals surface area (Å²) in [6, 6.07) is 8.69. The van der Waals surface area contributed by atoms with Gasteiger partial charge in [-0.3, -0.25) is 14.9 Å². The number of nitro groups is 1. The number of carbonyl (C=O) groups excluding carboxylic acids is 1. The fourth-order valence-electron chi connectivity index (χ4n) is 1.54. The fraction of sp³-hybridized carbons (Fsp3) is 0.364. The Labute approximate surface area is 93.2 Å². The lowest BCUT2D eigenvalue weighted by molar-refractivity contribution is -0.501. The minimum absolute atomic E-state index is 0.448. The average Bonchev–Trinajstić information content (AvgIpc) is 2.16. The quantitative estimate of drug-likeness (QED) is 0.443. The minimum atomic E-state index is -1.21. The SMILES string of the molecule is CC(=O)OC(C)(C[N+](=O)[O-])c1ccccc1. The van der Waals surface area contributed by atoms with Crippen LogP contribution in [0.5, 0.6) is 0 Å². The molecule has 0 heterocycles. The van der Waals surface area contributed by atoms with E-state index in [1.54, 1.807) is 30.3 Å². The van der Waals surface area contributed by atoms with E-state index in [0.29, 0.717) is 5.56 Å². The van der Waals surface area contributed by atoms with E-state index in [1.165, 1.54) is 13.8 Å². The molecule has 1 unspecified atom stereocenters. The molecule has 0 saturated heterocycles. The van der Waals surface area contributed by atoms with Crippen molar-refractivity contribution in [3.05, 3.63) is 46.0 Å². The van der Waals surface area contributed by atoms with E-state index in [9.17, 15) is 14.9 Å². The summed E-state index contributed by atoms with van der Waals surface area (Å²) in [4.78, 5) is 21.1. The summed E-state index contributed by atoms with van der Waals surface area (Å²) in [6.45, 7) is 2.32. The molecule has 0 N–H and O–H groups in total. The predicted molar refractivity (Wildman–Crippen MR) is 57.4 cm³/mol. The van der Waals surface area contributed by atoms with Crippen molar-refractivity contribution in [1.29, 1.82) is 0 Å². The third-order valence-electron chi connectivity index (χ3n) is 2.18. The highest BCUT2D eigenvalue weighted by atomic mass is 16.6. The Morgan fingerprint density at radius 2 is 2.00 bits per heavy atom. The summed E-state index contributed by atoms with van der Waals surface area (Å²) in [5.41, 5.74) is -0.599. The molecule has 0 aliphatic heterocycles. The first-order valence-electron chi connectivity index (χ1n) is 4.81. The van der Waals surface area contributed by atoms with Gasteiger partial charge in [0.25, 0.3) is 0 Å². The largest absolute Gasteiger partial charge is 0.448 e. The normalized spacial score (nSPS) is 13.9. The van der Waals surface area contributed by atoms with E-state index < -0.39 is 23.0 Å². The molecule has 0 aromatic heterocycles. The first-order chi connectivity index (χ1) is 7.44. The fourth-order valence-corrected chi connectivity index (χ4v) is 1.54. The smallest absolute Gasteiger partial charge is 0.303 e. The number of nitrogens with zero attached hydrogens (tertiary/aromatic N) is 1. The molecule has 0 amide bonds. The van der Waals surface area contributed by atoms with Crippen LogP contribution in [0.4, 0.5) is 0 Å². The predicted octanol–water partition coefficient (Wildman–Crippen LogP) is 1.74. The van der Waals surface area contributed by atoms with E-state index in [1.807, 2.05) is 0 Å². The minimum Gasteiger partial charge on any atom is -0.448 e. The molecule has 1 aromatic carbocycles. The summed E-state index contributed by atoms with van der Waals surface area (Å²) in [5.74, 6) is -0.534. The van der Waals surface area contributed by atoms with Gasteiger partial charge in [-0.1, -0.05) is 30.3 Å². The Hall–Kier alpha value is -1.91. The molecule has 1 aromatic rings. The zero-order valence-electron chi connectivity index (χ0n) is 9.17. The van der Waals surface area contributed by atoms with Crippen molar-refractivity contribution < 1.29 is 14.5 Å². The van der Waals surface area contributed by atoms with Crippen LogP contribution in [0, 0.1) is 10.1 Å². The highest BCUT2D eigenvalue weighted by Gasteiger charge is 2.35. The number of hydrogen-bond acceptors (Lipinski definition) is 4. The van der Waals surface area contributed by atoms with Crippen LogP contribution < -0.4 is 0 Å². The van der Waals surface area contributed by atoms with Gasteiger partial charge >= 0.3 is 5.97 Å². The topological polar surface area (TPSA) is 69.4 Å².